The molecule has 0 radical (unpaired) electrons. The molecule has 0 spiro atoms. The monoisotopic (exact) mass is 397 g/mol. The zero-order valence-corrected chi connectivity index (χ0v) is 14.6. The first-order valence-electron chi connectivity index (χ1n) is 7.99. The van der Waals surface area contributed by atoms with Crippen molar-refractivity contribution < 1.29 is 33.8 Å². The first-order chi connectivity index (χ1) is 12.8. The predicted molar refractivity (Wildman–Crippen MR) is 91.2 cm³/mol. The Balaban J connectivity index is 1.76. The molecule has 1 fully saturated rings. The van der Waals surface area contributed by atoms with Crippen LogP contribution >= 0.6 is 7.82 Å². The van der Waals surface area contributed by atoms with E-state index in [9.17, 15) is 19.6 Å². The number of aliphatic hydroxyl groups excluding tert-OH is 1. The van der Waals surface area contributed by atoms with Crippen LogP contribution in [0.5, 0.6) is 5.75 Å². The zero-order chi connectivity index (χ0) is 19.3. The van der Waals surface area contributed by atoms with Crippen LogP contribution < -0.4 is 5.69 Å². The summed E-state index contributed by atoms with van der Waals surface area (Å²) in [4.78, 5) is 35.2. The summed E-state index contributed by atoms with van der Waals surface area (Å²) in [6.45, 7) is -0.522. The van der Waals surface area contributed by atoms with E-state index in [1.165, 1.54) is 27.3 Å². The molecule has 3 heterocycles. The van der Waals surface area contributed by atoms with Gasteiger partial charge >= 0.3 is 13.5 Å². The van der Waals surface area contributed by atoms with Crippen LogP contribution in [0.4, 0.5) is 0 Å². The number of imidazole rings is 1. The van der Waals surface area contributed by atoms with Crippen LogP contribution in [0.2, 0.25) is 0 Å². The summed E-state index contributed by atoms with van der Waals surface area (Å²) in [6.07, 6.45) is -1.52. The smallest absolute Gasteiger partial charge is 0.469 e. The fourth-order valence-corrected chi connectivity index (χ4v) is 3.84. The molecule has 1 aliphatic rings. The van der Waals surface area contributed by atoms with Gasteiger partial charge < -0.3 is 24.7 Å². The molecular weight excluding hydrogens is 381 g/mol. The quantitative estimate of drug-likeness (QED) is 0.449. The number of aromatic nitrogens is 3. The average molecular weight is 397 g/mol. The van der Waals surface area contributed by atoms with E-state index in [0.717, 1.165) is 0 Å². The van der Waals surface area contributed by atoms with Crippen molar-refractivity contribution in [1.82, 2.24) is 14.0 Å². The summed E-state index contributed by atoms with van der Waals surface area (Å²) in [6, 6.07) is 6.00. The Labute approximate surface area is 151 Å². The average Bonchev–Trinajstić information content (AvgIpc) is 3.14. The lowest BCUT2D eigenvalue weighted by molar-refractivity contribution is -0.0452. The Morgan fingerprint density at radius 2 is 2.11 bits per heavy atom. The van der Waals surface area contributed by atoms with Crippen molar-refractivity contribution in [3.05, 3.63) is 40.9 Å². The van der Waals surface area contributed by atoms with Crippen molar-refractivity contribution in [2.75, 3.05) is 6.61 Å². The molecule has 0 bridgehead atoms. The van der Waals surface area contributed by atoms with E-state index in [0.29, 0.717) is 16.7 Å². The molecular formula is C15H16N3O8P. The van der Waals surface area contributed by atoms with E-state index in [2.05, 4.69) is 9.51 Å². The molecule has 2 aromatic heterocycles. The number of rotatable bonds is 4. The standard InChI is InChI=1S/C15H16N3O8P/c19-7-12-11(26-27(22,23)24)6-14(25-12)17-4-3-13-16-9-5-8(20)1-2-10(9)18(13)15(17)21/h1-5,11-12,14,19-20H,6-7H2,(H2,22,23,24). The van der Waals surface area contributed by atoms with Gasteiger partial charge in [-0.25, -0.2) is 18.7 Å². The molecule has 4 N–H and O–H groups in total. The molecule has 3 aromatic rings. The normalized spacial score (nSPS) is 23.4. The molecule has 27 heavy (non-hydrogen) atoms. The highest BCUT2D eigenvalue weighted by Crippen LogP contribution is 2.43. The molecule has 3 atom stereocenters. The summed E-state index contributed by atoms with van der Waals surface area (Å²) in [5, 5.41) is 19.0. The number of aliphatic hydroxyl groups is 1. The third kappa shape index (κ3) is 3.25. The second kappa shape index (κ2) is 6.41. The van der Waals surface area contributed by atoms with Gasteiger partial charge in [0.2, 0.25) is 0 Å². The third-order valence-corrected chi connectivity index (χ3v) is 4.95. The van der Waals surface area contributed by atoms with Crippen LogP contribution in [0.3, 0.4) is 0 Å². The van der Waals surface area contributed by atoms with Gasteiger partial charge in [-0.2, -0.15) is 0 Å². The lowest BCUT2D eigenvalue weighted by Crippen LogP contribution is -2.29. The van der Waals surface area contributed by atoms with Crippen LogP contribution in [0, 0.1) is 0 Å². The molecule has 3 unspecified atom stereocenters. The van der Waals surface area contributed by atoms with Gasteiger partial charge in [-0.15, -0.1) is 0 Å². The number of nitrogens with zero attached hydrogens (tertiary/aromatic N) is 3. The van der Waals surface area contributed by atoms with Crippen LogP contribution in [0.1, 0.15) is 12.6 Å². The number of hydrogen-bond acceptors (Lipinski definition) is 7. The number of hydrogen-bond donors (Lipinski definition) is 4. The van der Waals surface area contributed by atoms with Crippen molar-refractivity contribution >= 4 is 24.5 Å². The maximum absolute atomic E-state index is 12.9. The number of ether oxygens (including phenoxy) is 1. The first kappa shape index (κ1) is 18.1. The van der Waals surface area contributed by atoms with Crippen LogP contribution in [-0.2, 0) is 13.8 Å². The fraction of sp³-hybridized carbons (Fsp3) is 0.333. The largest absolute Gasteiger partial charge is 0.508 e. The molecule has 11 nitrogen and oxygen atoms in total. The third-order valence-electron chi connectivity index (χ3n) is 4.40. The summed E-state index contributed by atoms with van der Waals surface area (Å²) < 4.78 is 23.9. The number of benzene rings is 1. The van der Waals surface area contributed by atoms with Gasteiger partial charge in [-0.05, 0) is 18.2 Å². The molecule has 144 valence electrons. The SMILES string of the molecule is O=c1n(C2CC(OP(=O)(O)O)C(CO)O2)ccc2nc3cc(O)ccc3n12. The topological polar surface area (TPSA) is 156 Å². The minimum Gasteiger partial charge on any atom is -0.508 e. The number of fused-ring (bicyclic) bond motifs is 3. The summed E-state index contributed by atoms with van der Waals surface area (Å²) in [5.41, 5.74) is 0.811. The molecule has 0 amide bonds. The molecule has 0 saturated carbocycles. The highest BCUT2D eigenvalue weighted by Gasteiger charge is 2.40. The lowest BCUT2D eigenvalue weighted by Gasteiger charge is -2.16. The van der Waals surface area contributed by atoms with E-state index < -0.39 is 38.6 Å². The summed E-state index contributed by atoms with van der Waals surface area (Å²) in [7, 11) is -4.78. The fourth-order valence-electron chi connectivity index (χ4n) is 3.27. The highest BCUT2D eigenvalue weighted by atomic mass is 31.2. The van der Waals surface area contributed by atoms with Crippen molar-refractivity contribution in [2.24, 2.45) is 0 Å². The van der Waals surface area contributed by atoms with Crippen LogP contribution in [0.15, 0.2) is 35.3 Å². The molecule has 4 rings (SSSR count). The maximum atomic E-state index is 12.9. The van der Waals surface area contributed by atoms with E-state index >= 15 is 0 Å². The van der Waals surface area contributed by atoms with Crippen molar-refractivity contribution in [2.45, 2.75) is 24.9 Å². The number of phosphoric ester groups is 1. The molecule has 1 aromatic carbocycles. The van der Waals surface area contributed by atoms with E-state index in [1.54, 1.807) is 12.1 Å². The van der Waals surface area contributed by atoms with Crippen molar-refractivity contribution in [1.29, 1.82) is 0 Å². The van der Waals surface area contributed by atoms with Gasteiger partial charge in [0.15, 0.2) is 0 Å². The Bertz CT molecular complexity index is 1120. The Hall–Kier alpha value is -2.27. The van der Waals surface area contributed by atoms with Crippen molar-refractivity contribution in [3.63, 3.8) is 0 Å². The van der Waals surface area contributed by atoms with Gasteiger partial charge in [0.25, 0.3) is 0 Å². The first-order valence-corrected chi connectivity index (χ1v) is 9.52. The Morgan fingerprint density at radius 1 is 1.33 bits per heavy atom. The number of phenolic OH excluding ortho intramolecular Hbond substituents is 1. The Kier molecular flexibility index (Phi) is 4.30. The lowest BCUT2D eigenvalue weighted by atomic mass is 10.2. The second-order valence-electron chi connectivity index (χ2n) is 6.17. The highest BCUT2D eigenvalue weighted by molar-refractivity contribution is 7.46. The molecule has 0 aliphatic carbocycles. The number of aromatic hydroxyl groups is 1. The van der Waals surface area contributed by atoms with Crippen molar-refractivity contribution in [3.8, 4) is 5.75 Å². The van der Waals surface area contributed by atoms with Crippen LogP contribution in [-0.4, -0.2) is 52.8 Å². The van der Waals surface area contributed by atoms with Gasteiger partial charge in [-0.3, -0.25) is 9.09 Å². The summed E-state index contributed by atoms with van der Waals surface area (Å²) in [5.74, 6) is 0.0218. The van der Waals surface area contributed by atoms with Gasteiger partial charge in [0, 0.05) is 18.7 Å². The molecule has 12 heteroatoms. The van der Waals surface area contributed by atoms with Gasteiger partial charge in [-0.1, -0.05) is 0 Å². The summed E-state index contributed by atoms with van der Waals surface area (Å²) >= 11 is 0. The van der Waals surface area contributed by atoms with Gasteiger partial charge in [0.05, 0.1) is 17.6 Å². The minimum atomic E-state index is -4.78. The van der Waals surface area contributed by atoms with Crippen LogP contribution in [0.25, 0.3) is 16.7 Å². The van der Waals surface area contributed by atoms with Gasteiger partial charge in [0.1, 0.15) is 29.8 Å². The van der Waals surface area contributed by atoms with E-state index in [-0.39, 0.29) is 12.2 Å². The number of phenols is 1. The molecule has 1 saturated heterocycles. The van der Waals surface area contributed by atoms with E-state index in [4.69, 9.17) is 14.5 Å². The second-order valence-corrected chi connectivity index (χ2v) is 7.36. The number of phosphoric acid groups is 1. The minimum absolute atomic E-state index is 0.0218. The predicted octanol–water partition coefficient (Wildman–Crippen LogP) is 0.112. The zero-order valence-electron chi connectivity index (χ0n) is 13.7. The van der Waals surface area contributed by atoms with E-state index in [1.807, 2.05) is 0 Å². The molecule has 1 aliphatic heterocycles. The maximum Gasteiger partial charge on any atom is 0.469 e. The Morgan fingerprint density at radius 3 is 2.81 bits per heavy atom.